The highest BCUT2D eigenvalue weighted by Gasteiger charge is 2.09. The number of para-hydroxylation sites is 1. The molecule has 0 fully saturated rings. The third-order valence-electron chi connectivity index (χ3n) is 2.72. The van der Waals surface area contributed by atoms with Crippen LogP contribution in [-0.4, -0.2) is 29.4 Å². The molecule has 8 nitrogen and oxygen atoms in total. The SMILES string of the molecule is O=C(COc1ccccc1C(=O)[O-])NNC(=O)c1ccncc1. The minimum Gasteiger partial charge on any atom is -0.545 e. The molecule has 0 atom stereocenters. The number of aromatic nitrogens is 1. The van der Waals surface area contributed by atoms with Crippen LogP contribution in [0.25, 0.3) is 0 Å². The van der Waals surface area contributed by atoms with Crippen molar-refractivity contribution in [2.75, 3.05) is 6.61 Å². The lowest BCUT2D eigenvalue weighted by Gasteiger charge is -2.12. The Kier molecular flexibility index (Phi) is 5.24. The quantitative estimate of drug-likeness (QED) is 0.703. The van der Waals surface area contributed by atoms with E-state index in [1.807, 2.05) is 0 Å². The summed E-state index contributed by atoms with van der Waals surface area (Å²) < 4.78 is 5.10. The molecule has 118 valence electrons. The first kappa shape index (κ1) is 16.0. The Bertz CT molecular complexity index is 718. The van der Waals surface area contributed by atoms with E-state index in [2.05, 4.69) is 15.8 Å². The van der Waals surface area contributed by atoms with E-state index in [1.165, 1.54) is 42.7 Å². The molecule has 0 unspecified atom stereocenters. The Morgan fingerprint density at radius 3 is 2.43 bits per heavy atom. The molecule has 23 heavy (non-hydrogen) atoms. The van der Waals surface area contributed by atoms with Crippen molar-refractivity contribution in [3.8, 4) is 5.75 Å². The van der Waals surface area contributed by atoms with E-state index in [0.29, 0.717) is 5.56 Å². The highest BCUT2D eigenvalue weighted by molar-refractivity contribution is 5.95. The third-order valence-corrected chi connectivity index (χ3v) is 2.72. The predicted molar refractivity (Wildman–Crippen MR) is 76.1 cm³/mol. The summed E-state index contributed by atoms with van der Waals surface area (Å²) in [5.41, 5.74) is 4.51. The van der Waals surface area contributed by atoms with Crippen molar-refractivity contribution in [3.05, 3.63) is 59.9 Å². The van der Waals surface area contributed by atoms with Gasteiger partial charge in [0.15, 0.2) is 6.61 Å². The van der Waals surface area contributed by atoms with Crippen molar-refractivity contribution in [1.29, 1.82) is 0 Å². The Balaban J connectivity index is 1.84. The number of aromatic carboxylic acids is 1. The molecule has 8 heteroatoms. The molecule has 0 saturated heterocycles. The van der Waals surface area contributed by atoms with Crippen LogP contribution in [-0.2, 0) is 4.79 Å². The van der Waals surface area contributed by atoms with Gasteiger partial charge in [-0.2, -0.15) is 0 Å². The molecule has 0 radical (unpaired) electrons. The van der Waals surface area contributed by atoms with Gasteiger partial charge in [-0.15, -0.1) is 0 Å². The number of rotatable bonds is 5. The van der Waals surface area contributed by atoms with Crippen molar-refractivity contribution in [3.63, 3.8) is 0 Å². The highest BCUT2D eigenvalue weighted by atomic mass is 16.5. The number of hydrogen-bond acceptors (Lipinski definition) is 6. The van der Waals surface area contributed by atoms with Gasteiger partial charge in [-0.05, 0) is 24.3 Å². The molecule has 2 N–H and O–H groups in total. The minimum absolute atomic E-state index is 0.00288. The molecule has 1 aromatic carbocycles. The van der Waals surface area contributed by atoms with Crippen LogP contribution in [0.4, 0.5) is 0 Å². The molecule has 2 rings (SSSR count). The second-order valence-electron chi connectivity index (χ2n) is 4.31. The number of benzene rings is 1. The van der Waals surface area contributed by atoms with Gasteiger partial charge in [0.25, 0.3) is 11.8 Å². The zero-order chi connectivity index (χ0) is 16.7. The van der Waals surface area contributed by atoms with Crippen LogP contribution in [0.5, 0.6) is 5.75 Å². The topological polar surface area (TPSA) is 120 Å². The first-order chi connectivity index (χ1) is 11.1. The Morgan fingerprint density at radius 2 is 1.74 bits per heavy atom. The molecule has 0 aliphatic carbocycles. The van der Waals surface area contributed by atoms with E-state index in [1.54, 1.807) is 6.07 Å². The van der Waals surface area contributed by atoms with Crippen molar-refractivity contribution in [1.82, 2.24) is 15.8 Å². The number of hydrazine groups is 1. The first-order valence-electron chi connectivity index (χ1n) is 6.50. The molecule has 2 amide bonds. The second-order valence-corrected chi connectivity index (χ2v) is 4.31. The number of ether oxygens (including phenoxy) is 1. The van der Waals surface area contributed by atoms with Crippen LogP contribution in [0.2, 0.25) is 0 Å². The normalized spacial score (nSPS) is 9.74. The maximum atomic E-state index is 11.7. The molecular weight excluding hydrogens is 302 g/mol. The van der Waals surface area contributed by atoms with Crippen molar-refractivity contribution in [2.24, 2.45) is 0 Å². The minimum atomic E-state index is -1.41. The van der Waals surface area contributed by atoms with Crippen LogP contribution in [0, 0.1) is 0 Å². The van der Waals surface area contributed by atoms with Gasteiger partial charge in [-0.25, -0.2) is 0 Å². The zero-order valence-electron chi connectivity index (χ0n) is 11.8. The number of carbonyl (C=O) groups excluding carboxylic acids is 3. The summed E-state index contributed by atoms with van der Waals surface area (Å²) in [5, 5.41) is 10.9. The van der Waals surface area contributed by atoms with Gasteiger partial charge in [-0.1, -0.05) is 12.1 Å². The third kappa shape index (κ3) is 4.53. The van der Waals surface area contributed by atoms with Gasteiger partial charge >= 0.3 is 0 Å². The largest absolute Gasteiger partial charge is 0.545 e. The highest BCUT2D eigenvalue weighted by Crippen LogP contribution is 2.16. The maximum absolute atomic E-state index is 11.7. The Hall–Kier alpha value is -3.42. The molecule has 0 aliphatic heterocycles. The summed E-state index contributed by atoms with van der Waals surface area (Å²) in [5.74, 6) is -2.58. The number of carboxylic acid groups (broad SMARTS) is 1. The lowest BCUT2D eigenvalue weighted by molar-refractivity contribution is -0.255. The van der Waals surface area contributed by atoms with Crippen LogP contribution in [0.3, 0.4) is 0 Å². The van der Waals surface area contributed by atoms with Crippen LogP contribution in [0.15, 0.2) is 48.8 Å². The molecule has 1 aromatic heterocycles. The van der Waals surface area contributed by atoms with Crippen molar-refractivity contribution in [2.45, 2.75) is 0 Å². The van der Waals surface area contributed by atoms with Crippen LogP contribution in [0.1, 0.15) is 20.7 Å². The average Bonchev–Trinajstić information content (AvgIpc) is 2.58. The summed E-state index contributed by atoms with van der Waals surface area (Å²) in [7, 11) is 0. The summed E-state index contributed by atoms with van der Waals surface area (Å²) in [6.45, 7) is -0.471. The summed E-state index contributed by atoms with van der Waals surface area (Å²) in [4.78, 5) is 37.9. The number of nitrogens with one attached hydrogen (secondary N) is 2. The molecule has 0 spiro atoms. The van der Waals surface area contributed by atoms with Gasteiger partial charge in [0.1, 0.15) is 5.75 Å². The second kappa shape index (κ2) is 7.55. The molecule has 1 heterocycles. The van der Waals surface area contributed by atoms with Gasteiger partial charge in [0.2, 0.25) is 0 Å². The fraction of sp³-hybridized carbons (Fsp3) is 0.0667. The maximum Gasteiger partial charge on any atom is 0.276 e. The summed E-state index contributed by atoms with van der Waals surface area (Å²) in [6.07, 6.45) is 2.88. The van der Waals surface area contributed by atoms with E-state index in [0.717, 1.165) is 0 Å². The number of nitrogens with zero attached hydrogens (tertiary/aromatic N) is 1. The number of carboxylic acids is 1. The summed E-state index contributed by atoms with van der Waals surface area (Å²) >= 11 is 0. The molecular formula is C15H12N3O5-. The molecule has 0 bridgehead atoms. The van der Waals surface area contributed by atoms with Gasteiger partial charge in [0.05, 0.1) is 5.97 Å². The van der Waals surface area contributed by atoms with Gasteiger partial charge in [-0.3, -0.25) is 25.4 Å². The Labute approximate surface area is 131 Å². The number of pyridine rings is 1. The molecule has 0 saturated carbocycles. The average molecular weight is 314 g/mol. The fourth-order valence-corrected chi connectivity index (χ4v) is 1.64. The van der Waals surface area contributed by atoms with E-state index >= 15 is 0 Å². The van der Waals surface area contributed by atoms with Gasteiger partial charge in [0, 0.05) is 23.5 Å². The molecule has 2 aromatic rings. The Morgan fingerprint density at radius 1 is 1.04 bits per heavy atom. The lowest BCUT2D eigenvalue weighted by Crippen LogP contribution is -2.43. The smallest absolute Gasteiger partial charge is 0.276 e. The first-order valence-corrected chi connectivity index (χ1v) is 6.50. The summed E-state index contributed by atoms with van der Waals surface area (Å²) in [6, 6.07) is 8.72. The zero-order valence-corrected chi connectivity index (χ0v) is 11.8. The van der Waals surface area contributed by atoms with Crippen LogP contribution < -0.4 is 20.7 Å². The number of carbonyl (C=O) groups is 3. The lowest BCUT2D eigenvalue weighted by atomic mass is 10.2. The standard InChI is InChI=1S/C15H13N3O5/c19-13(17-18-14(20)10-5-7-16-8-6-10)9-23-12-4-2-1-3-11(12)15(21)22/h1-8H,9H2,(H,17,19)(H,18,20)(H,21,22)/p-1. The fourth-order valence-electron chi connectivity index (χ4n) is 1.64. The monoisotopic (exact) mass is 314 g/mol. The predicted octanol–water partition coefficient (Wildman–Crippen LogP) is -0.715. The van der Waals surface area contributed by atoms with Crippen molar-refractivity contribution >= 4 is 17.8 Å². The molecule has 0 aliphatic rings. The van der Waals surface area contributed by atoms with E-state index in [4.69, 9.17) is 4.74 Å². The van der Waals surface area contributed by atoms with Crippen LogP contribution >= 0.6 is 0 Å². The van der Waals surface area contributed by atoms with Gasteiger partial charge < -0.3 is 14.6 Å². The number of hydrogen-bond donors (Lipinski definition) is 2. The van der Waals surface area contributed by atoms with Crippen molar-refractivity contribution < 1.29 is 24.2 Å². The van der Waals surface area contributed by atoms with E-state index < -0.39 is 24.4 Å². The number of amides is 2. The van der Waals surface area contributed by atoms with E-state index in [9.17, 15) is 19.5 Å². The van der Waals surface area contributed by atoms with E-state index in [-0.39, 0.29) is 11.3 Å².